The Kier molecular flexibility index (Phi) is 4.98. The lowest BCUT2D eigenvalue weighted by molar-refractivity contribution is -0.126. The summed E-state index contributed by atoms with van der Waals surface area (Å²) in [6.07, 6.45) is 6.05. The van der Waals surface area contributed by atoms with Crippen molar-refractivity contribution < 1.29 is 4.79 Å². The zero-order chi connectivity index (χ0) is 16.2. The van der Waals surface area contributed by atoms with E-state index in [-0.39, 0.29) is 17.9 Å². The van der Waals surface area contributed by atoms with Crippen LogP contribution in [0.5, 0.6) is 0 Å². The Labute approximate surface area is 138 Å². The molecule has 3 rings (SSSR count). The molecule has 1 saturated heterocycles. The summed E-state index contributed by atoms with van der Waals surface area (Å²) < 4.78 is 0. The number of amides is 1. The van der Waals surface area contributed by atoms with Gasteiger partial charge in [0.1, 0.15) is 18.0 Å². The summed E-state index contributed by atoms with van der Waals surface area (Å²) in [5, 5.41) is 6.41. The number of rotatable bonds is 6. The fourth-order valence-electron chi connectivity index (χ4n) is 2.96. The number of hydrogen-bond donors (Lipinski definition) is 2. The summed E-state index contributed by atoms with van der Waals surface area (Å²) in [6.45, 7) is 6.76. The van der Waals surface area contributed by atoms with Crippen molar-refractivity contribution in [3.63, 3.8) is 0 Å². The van der Waals surface area contributed by atoms with Gasteiger partial charge in [-0.2, -0.15) is 0 Å². The van der Waals surface area contributed by atoms with Crippen LogP contribution in [-0.2, 0) is 4.79 Å². The lowest BCUT2D eigenvalue weighted by Gasteiger charge is -2.32. The number of piperidine rings is 1. The van der Waals surface area contributed by atoms with Crippen LogP contribution >= 0.6 is 0 Å². The molecule has 0 aromatic carbocycles. The van der Waals surface area contributed by atoms with Crippen molar-refractivity contribution in [2.45, 2.75) is 45.6 Å². The Hall–Kier alpha value is -1.85. The quantitative estimate of drug-likeness (QED) is 0.840. The molecule has 1 amide bonds. The number of nitrogens with one attached hydrogen (secondary N) is 2. The van der Waals surface area contributed by atoms with Crippen LogP contribution in [-0.4, -0.2) is 41.6 Å². The molecule has 1 aliphatic carbocycles. The lowest BCUT2D eigenvalue weighted by Crippen LogP contribution is -2.42. The summed E-state index contributed by atoms with van der Waals surface area (Å²) in [7, 11) is 0. The fourth-order valence-corrected chi connectivity index (χ4v) is 2.96. The minimum absolute atomic E-state index is 0.128. The van der Waals surface area contributed by atoms with E-state index in [2.05, 4.69) is 25.5 Å². The first kappa shape index (κ1) is 16.0. The SMILES string of the molecule is CC(C)NC(=O)C1CCN(c2cc(NCC3CC3)ncn2)CC1. The van der Waals surface area contributed by atoms with Crippen molar-refractivity contribution in [1.82, 2.24) is 15.3 Å². The maximum absolute atomic E-state index is 12.1. The van der Waals surface area contributed by atoms with Gasteiger partial charge in [-0.1, -0.05) is 0 Å². The molecule has 2 aliphatic rings. The van der Waals surface area contributed by atoms with E-state index in [0.29, 0.717) is 0 Å². The molecule has 2 N–H and O–H groups in total. The number of anilines is 2. The van der Waals surface area contributed by atoms with E-state index in [4.69, 9.17) is 0 Å². The molecule has 6 heteroatoms. The molecule has 1 saturated carbocycles. The topological polar surface area (TPSA) is 70.2 Å². The van der Waals surface area contributed by atoms with Gasteiger partial charge >= 0.3 is 0 Å². The second-order valence-electron chi connectivity index (χ2n) is 7.01. The molecule has 1 aromatic heterocycles. The lowest BCUT2D eigenvalue weighted by atomic mass is 9.95. The van der Waals surface area contributed by atoms with Crippen molar-refractivity contribution >= 4 is 17.5 Å². The van der Waals surface area contributed by atoms with Crippen LogP contribution in [0.2, 0.25) is 0 Å². The second-order valence-corrected chi connectivity index (χ2v) is 7.01. The minimum atomic E-state index is 0.128. The first-order chi connectivity index (χ1) is 11.1. The molecule has 0 spiro atoms. The van der Waals surface area contributed by atoms with Crippen LogP contribution < -0.4 is 15.5 Å². The summed E-state index contributed by atoms with van der Waals surface area (Å²) in [5.74, 6) is 3.00. The normalized spacial score (nSPS) is 19.0. The first-order valence-electron chi connectivity index (χ1n) is 8.73. The summed E-state index contributed by atoms with van der Waals surface area (Å²) in [6, 6.07) is 2.24. The highest BCUT2D eigenvalue weighted by molar-refractivity contribution is 5.79. The van der Waals surface area contributed by atoms with Gasteiger partial charge in [0.25, 0.3) is 0 Å². The Bertz CT molecular complexity index is 536. The van der Waals surface area contributed by atoms with Gasteiger partial charge in [0.15, 0.2) is 0 Å². The molecule has 2 fully saturated rings. The van der Waals surface area contributed by atoms with Gasteiger partial charge in [-0.05, 0) is 45.4 Å². The highest BCUT2D eigenvalue weighted by Crippen LogP contribution is 2.29. The monoisotopic (exact) mass is 317 g/mol. The highest BCUT2D eigenvalue weighted by Gasteiger charge is 2.26. The molecule has 1 aliphatic heterocycles. The average molecular weight is 317 g/mol. The standard InChI is InChI=1S/C17H27N5O/c1-12(2)21-17(23)14-5-7-22(8-6-14)16-9-15(19-11-20-16)18-10-13-3-4-13/h9,11-14H,3-8,10H2,1-2H3,(H,21,23)(H,18,19,20). The molecular weight excluding hydrogens is 290 g/mol. The zero-order valence-electron chi connectivity index (χ0n) is 14.1. The molecule has 0 radical (unpaired) electrons. The largest absolute Gasteiger partial charge is 0.370 e. The summed E-state index contributed by atoms with van der Waals surface area (Å²) in [5.41, 5.74) is 0. The van der Waals surface area contributed by atoms with E-state index in [9.17, 15) is 4.79 Å². The molecule has 0 bridgehead atoms. The molecule has 1 aromatic rings. The first-order valence-corrected chi connectivity index (χ1v) is 8.73. The van der Waals surface area contributed by atoms with Crippen LogP contribution in [0.15, 0.2) is 12.4 Å². The van der Waals surface area contributed by atoms with Crippen LogP contribution in [0.3, 0.4) is 0 Å². The zero-order valence-corrected chi connectivity index (χ0v) is 14.1. The van der Waals surface area contributed by atoms with Gasteiger partial charge < -0.3 is 15.5 Å². The molecule has 0 atom stereocenters. The molecule has 126 valence electrons. The van der Waals surface area contributed by atoms with Crippen molar-refractivity contribution in [3.05, 3.63) is 12.4 Å². The molecular formula is C17H27N5O. The van der Waals surface area contributed by atoms with Gasteiger partial charge in [0.2, 0.25) is 5.91 Å². The Balaban J connectivity index is 1.52. The van der Waals surface area contributed by atoms with Gasteiger partial charge in [0, 0.05) is 37.7 Å². The predicted octanol–water partition coefficient (Wildman–Crippen LogP) is 2.04. The molecule has 6 nitrogen and oxygen atoms in total. The number of hydrogen-bond acceptors (Lipinski definition) is 5. The van der Waals surface area contributed by atoms with E-state index < -0.39 is 0 Å². The third-order valence-electron chi connectivity index (χ3n) is 4.54. The molecule has 0 unspecified atom stereocenters. The molecule has 23 heavy (non-hydrogen) atoms. The van der Waals surface area contributed by atoms with Gasteiger partial charge in [0.05, 0.1) is 0 Å². The maximum atomic E-state index is 12.1. The van der Waals surface area contributed by atoms with Crippen LogP contribution in [0, 0.1) is 11.8 Å². The Morgan fingerprint density at radius 1 is 1.26 bits per heavy atom. The van der Waals surface area contributed by atoms with Crippen molar-refractivity contribution in [2.75, 3.05) is 29.9 Å². The van der Waals surface area contributed by atoms with Crippen molar-refractivity contribution in [3.8, 4) is 0 Å². The van der Waals surface area contributed by atoms with Gasteiger partial charge in [-0.15, -0.1) is 0 Å². The summed E-state index contributed by atoms with van der Waals surface area (Å²) >= 11 is 0. The number of aromatic nitrogens is 2. The average Bonchev–Trinajstić information content (AvgIpc) is 3.37. The van der Waals surface area contributed by atoms with Gasteiger partial charge in [-0.3, -0.25) is 4.79 Å². The smallest absolute Gasteiger partial charge is 0.223 e. The van der Waals surface area contributed by atoms with E-state index in [0.717, 1.165) is 50.0 Å². The number of carbonyl (C=O) groups excluding carboxylic acids is 1. The Morgan fingerprint density at radius 3 is 2.65 bits per heavy atom. The number of carbonyl (C=O) groups is 1. The fraction of sp³-hybridized carbons (Fsp3) is 0.706. The van der Waals surface area contributed by atoms with Crippen LogP contribution in [0.25, 0.3) is 0 Å². The van der Waals surface area contributed by atoms with Crippen molar-refractivity contribution in [2.24, 2.45) is 11.8 Å². The van der Waals surface area contributed by atoms with Crippen LogP contribution in [0.4, 0.5) is 11.6 Å². The van der Waals surface area contributed by atoms with Crippen LogP contribution in [0.1, 0.15) is 39.5 Å². The minimum Gasteiger partial charge on any atom is -0.370 e. The summed E-state index contributed by atoms with van der Waals surface area (Å²) in [4.78, 5) is 23.0. The van der Waals surface area contributed by atoms with E-state index in [1.54, 1.807) is 6.33 Å². The number of nitrogens with zero attached hydrogens (tertiary/aromatic N) is 3. The highest BCUT2D eigenvalue weighted by atomic mass is 16.1. The third-order valence-corrected chi connectivity index (χ3v) is 4.54. The van der Waals surface area contributed by atoms with Crippen molar-refractivity contribution in [1.29, 1.82) is 0 Å². The third kappa shape index (κ3) is 4.56. The molecule has 2 heterocycles. The second kappa shape index (κ2) is 7.15. The maximum Gasteiger partial charge on any atom is 0.223 e. The Morgan fingerprint density at radius 2 is 2.00 bits per heavy atom. The van der Waals surface area contributed by atoms with E-state index in [1.165, 1.54) is 12.8 Å². The van der Waals surface area contributed by atoms with E-state index >= 15 is 0 Å². The van der Waals surface area contributed by atoms with E-state index in [1.807, 2.05) is 19.9 Å². The van der Waals surface area contributed by atoms with Gasteiger partial charge in [-0.25, -0.2) is 9.97 Å². The predicted molar refractivity (Wildman–Crippen MR) is 91.5 cm³/mol.